The van der Waals surface area contributed by atoms with Crippen LogP contribution in [0.15, 0.2) is 59.5 Å². The van der Waals surface area contributed by atoms with Crippen molar-refractivity contribution in [2.45, 2.75) is 49.8 Å². The highest BCUT2D eigenvalue weighted by Gasteiger charge is 2.29. The minimum Gasteiger partial charge on any atom is -0.444 e. The molecule has 1 fully saturated rings. The number of ether oxygens (including phenoxy) is 2. The highest BCUT2D eigenvalue weighted by molar-refractivity contribution is 7.82. The maximum Gasteiger partial charge on any atom is 0.488 e. The number of aliphatic hydroxyl groups is 1. The third-order valence-electron chi connectivity index (χ3n) is 5.80. The Balaban J connectivity index is 1.74. The number of hydrogen-bond donors (Lipinski definition) is 4. The second kappa shape index (κ2) is 13.9. The lowest BCUT2D eigenvalue weighted by Gasteiger charge is -2.30. The van der Waals surface area contributed by atoms with Crippen LogP contribution in [-0.2, 0) is 26.9 Å². The summed E-state index contributed by atoms with van der Waals surface area (Å²) in [6, 6.07) is 15.0. The highest BCUT2D eigenvalue weighted by Crippen LogP contribution is 2.16. The second-order valence-corrected chi connectivity index (χ2v) is 10.8. The molecule has 36 heavy (non-hydrogen) atoms. The first-order chi connectivity index (χ1) is 17.2. The number of aliphatic hydroxyl groups excluding tert-OH is 1. The van der Waals surface area contributed by atoms with Crippen LogP contribution < -0.4 is 10.8 Å². The topological polar surface area (TPSA) is 129 Å². The summed E-state index contributed by atoms with van der Waals surface area (Å²) in [5.74, 6) is 0.160. The van der Waals surface area contributed by atoms with Crippen molar-refractivity contribution in [2.75, 3.05) is 26.3 Å². The number of rotatable bonds is 12. The van der Waals surface area contributed by atoms with E-state index in [4.69, 9.17) is 9.47 Å². The molecule has 1 aliphatic rings. The zero-order chi connectivity index (χ0) is 26.1. The van der Waals surface area contributed by atoms with Crippen LogP contribution in [0, 0.1) is 5.92 Å². The molecule has 2 aromatic carbocycles. The minimum absolute atomic E-state index is 0.0412. The van der Waals surface area contributed by atoms with Gasteiger partial charge < -0.3 is 29.9 Å². The van der Waals surface area contributed by atoms with Crippen molar-refractivity contribution >= 4 is 29.7 Å². The fourth-order valence-electron chi connectivity index (χ4n) is 3.95. The lowest BCUT2D eigenvalue weighted by atomic mass is 9.81. The Morgan fingerprint density at radius 2 is 1.86 bits per heavy atom. The molecule has 0 aliphatic carbocycles. The van der Waals surface area contributed by atoms with Crippen LogP contribution in [0.5, 0.6) is 0 Å². The van der Waals surface area contributed by atoms with Gasteiger partial charge in [-0.05, 0) is 35.5 Å². The van der Waals surface area contributed by atoms with Crippen molar-refractivity contribution in [3.05, 3.63) is 60.2 Å². The van der Waals surface area contributed by atoms with Gasteiger partial charge in [0.1, 0.15) is 17.1 Å². The number of benzene rings is 2. The van der Waals surface area contributed by atoms with Gasteiger partial charge in [0.25, 0.3) is 0 Å². The Morgan fingerprint density at radius 3 is 2.44 bits per heavy atom. The molecule has 1 unspecified atom stereocenters. The smallest absolute Gasteiger partial charge is 0.444 e. The molecule has 196 valence electrons. The quantitative estimate of drug-likeness (QED) is 0.307. The molecule has 11 heteroatoms. The summed E-state index contributed by atoms with van der Waals surface area (Å²) in [6.45, 7) is 5.36. The van der Waals surface area contributed by atoms with Gasteiger partial charge in [0.05, 0.1) is 30.3 Å². The van der Waals surface area contributed by atoms with Gasteiger partial charge in [-0.15, -0.1) is 0 Å². The predicted molar refractivity (Wildman–Crippen MR) is 138 cm³/mol. The lowest BCUT2D eigenvalue weighted by Crippen LogP contribution is -2.50. The molecule has 4 atom stereocenters. The number of carbonyl (C=O) groups excluding carboxylic acids is 1. The van der Waals surface area contributed by atoms with Gasteiger partial charge >= 0.3 is 13.2 Å². The van der Waals surface area contributed by atoms with E-state index >= 15 is 0 Å². The molecular formula is C25H35BN2O7S. The van der Waals surface area contributed by atoms with E-state index in [1.54, 1.807) is 16.4 Å². The van der Waals surface area contributed by atoms with E-state index in [0.717, 1.165) is 5.56 Å². The molecule has 3 rings (SSSR count). The Bertz CT molecular complexity index is 972. The van der Waals surface area contributed by atoms with E-state index in [2.05, 4.69) is 5.32 Å². The van der Waals surface area contributed by atoms with Crippen LogP contribution in [-0.4, -0.2) is 81.4 Å². The molecule has 0 saturated carbocycles. The van der Waals surface area contributed by atoms with E-state index in [9.17, 15) is 24.2 Å². The molecule has 1 amide bonds. The van der Waals surface area contributed by atoms with Gasteiger partial charge in [0.2, 0.25) is 0 Å². The number of nitrogens with one attached hydrogen (secondary N) is 1. The van der Waals surface area contributed by atoms with Gasteiger partial charge in [-0.1, -0.05) is 56.3 Å². The maximum absolute atomic E-state index is 13.4. The number of hydrogen-bond acceptors (Lipinski definition) is 7. The first-order valence-corrected chi connectivity index (χ1v) is 13.2. The van der Waals surface area contributed by atoms with E-state index in [1.165, 1.54) is 12.1 Å². The summed E-state index contributed by atoms with van der Waals surface area (Å²) in [4.78, 5) is 13.1. The van der Waals surface area contributed by atoms with Crippen molar-refractivity contribution < 1.29 is 33.6 Å². The van der Waals surface area contributed by atoms with E-state index in [1.807, 2.05) is 44.2 Å². The molecule has 0 radical (unpaired) electrons. The van der Waals surface area contributed by atoms with E-state index in [-0.39, 0.29) is 18.6 Å². The maximum atomic E-state index is 13.4. The SMILES string of the molecule is CC(C)CN(C[C@@H](O)[C@H](Cc1ccccc1)NC(=O)O[C@H]1CCOC1)S(=O)c1ccc(B(O)O)cc1. The molecule has 0 spiro atoms. The van der Waals surface area contributed by atoms with Crippen LogP contribution >= 0.6 is 0 Å². The third-order valence-corrected chi connectivity index (χ3v) is 7.24. The number of amides is 1. The molecule has 4 N–H and O–H groups in total. The number of carbonyl (C=O) groups is 1. The predicted octanol–water partition coefficient (Wildman–Crippen LogP) is 0.834. The van der Waals surface area contributed by atoms with Gasteiger partial charge in [-0.25, -0.2) is 13.3 Å². The minimum atomic E-state index is -1.61. The molecular weight excluding hydrogens is 483 g/mol. The summed E-state index contributed by atoms with van der Waals surface area (Å²) in [6.07, 6.45) is -0.986. The largest absolute Gasteiger partial charge is 0.488 e. The van der Waals surface area contributed by atoms with Gasteiger partial charge in [0, 0.05) is 19.5 Å². The Labute approximate surface area is 215 Å². The normalized spacial score (nSPS) is 18.1. The first kappa shape index (κ1) is 28.3. The summed E-state index contributed by atoms with van der Waals surface area (Å²) < 4.78 is 25.8. The van der Waals surface area contributed by atoms with Crippen molar-refractivity contribution in [2.24, 2.45) is 5.92 Å². The average molecular weight is 518 g/mol. The number of nitrogens with zero attached hydrogens (tertiary/aromatic N) is 1. The fraction of sp³-hybridized carbons (Fsp3) is 0.480. The van der Waals surface area contributed by atoms with Gasteiger partial charge in [0.15, 0.2) is 0 Å². The Morgan fingerprint density at radius 1 is 1.17 bits per heavy atom. The second-order valence-electron chi connectivity index (χ2n) is 9.33. The lowest BCUT2D eigenvalue weighted by molar-refractivity contribution is 0.0647. The van der Waals surface area contributed by atoms with Crippen molar-refractivity contribution in [1.82, 2.24) is 9.62 Å². The highest BCUT2D eigenvalue weighted by atomic mass is 32.2. The van der Waals surface area contributed by atoms with Crippen molar-refractivity contribution in [1.29, 1.82) is 0 Å². The van der Waals surface area contributed by atoms with E-state index < -0.39 is 36.3 Å². The molecule has 0 bridgehead atoms. The van der Waals surface area contributed by atoms with Crippen LogP contribution in [0.4, 0.5) is 4.79 Å². The number of alkyl carbamates (subject to hydrolysis) is 1. The molecule has 1 aliphatic heterocycles. The van der Waals surface area contributed by atoms with Gasteiger partial charge in [-0.3, -0.25) is 0 Å². The molecule has 1 saturated heterocycles. The summed E-state index contributed by atoms with van der Waals surface area (Å²) in [5, 5.41) is 32.7. The average Bonchev–Trinajstić information content (AvgIpc) is 3.36. The molecule has 0 aromatic heterocycles. The summed E-state index contributed by atoms with van der Waals surface area (Å²) in [7, 11) is -3.22. The zero-order valence-electron chi connectivity index (χ0n) is 20.7. The first-order valence-electron chi connectivity index (χ1n) is 12.1. The van der Waals surface area contributed by atoms with Gasteiger partial charge in [-0.2, -0.15) is 0 Å². The Kier molecular flexibility index (Phi) is 10.9. The third kappa shape index (κ3) is 8.68. The van der Waals surface area contributed by atoms with Crippen molar-refractivity contribution in [3.8, 4) is 0 Å². The molecule has 1 heterocycles. The zero-order valence-corrected chi connectivity index (χ0v) is 21.5. The summed E-state index contributed by atoms with van der Waals surface area (Å²) >= 11 is 0. The summed E-state index contributed by atoms with van der Waals surface area (Å²) in [5.41, 5.74) is 1.23. The van der Waals surface area contributed by atoms with Crippen LogP contribution in [0.25, 0.3) is 0 Å². The standard InChI is InChI=1S/C25H35BN2O7S/c1-18(2)15-28(36(33)22-10-8-20(9-11-22)26(31)32)16-24(29)23(14-19-6-4-3-5-7-19)27-25(30)35-21-12-13-34-17-21/h3-11,18,21,23-24,29,31-32H,12-17H2,1-2H3,(H,27,30)/t21-,23-,24+,36?/m0/s1. The Hall–Kier alpha value is -2.28. The van der Waals surface area contributed by atoms with Crippen LogP contribution in [0.2, 0.25) is 0 Å². The molecule has 2 aromatic rings. The van der Waals surface area contributed by atoms with Crippen LogP contribution in [0.1, 0.15) is 25.8 Å². The molecule has 9 nitrogen and oxygen atoms in total. The monoisotopic (exact) mass is 518 g/mol. The van der Waals surface area contributed by atoms with Crippen molar-refractivity contribution in [3.63, 3.8) is 0 Å². The fourth-order valence-corrected chi connectivity index (χ4v) is 5.34. The van der Waals surface area contributed by atoms with Crippen LogP contribution in [0.3, 0.4) is 0 Å². The van der Waals surface area contributed by atoms with E-state index in [0.29, 0.717) is 43.0 Å².